The fraction of sp³-hybridized carbons (Fsp3) is 0.438. The first-order valence-electron chi connectivity index (χ1n) is 7.86. The van der Waals surface area contributed by atoms with E-state index in [0.717, 1.165) is 31.1 Å². The molecule has 2 heterocycles. The molecule has 1 fully saturated rings. The van der Waals surface area contributed by atoms with Gasteiger partial charge in [-0.15, -0.1) is 11.3 Å². The number of nitrogens with zero attached hydrogens (tertiary/aromatic N) is 2. The smallest absolute Gasteiger partial charge is 0.240 e. The summed E-state index contributed by atoms with van der Waals surface area (Å²) in [6.07, 6.45) is 3.87. The minimum absolute atomic E-state index is 0.260. The van der Waals surface area contributed by atoms with Gasteiger partial charge in [0.05, 0.1) is 12.0 Å². The van der Waals surface area contributed by atoms with Gasteiger partial charge in [-0.3, -0.25) is 0 Å². The maximum absolute atomic E-state index is 12.4. The first kappa shape index (κ1) is 17.2. The third kappa shape index (κ3) is 4.06. The van der Waals surface area contributed by atoms with Crippen LogP contribution in [0.3, 0.4) is 0 Å². The van der Waals surface area contributed by atoms with Crippen LogP contribution in [0.5, 0.6) is 5.75 Å². The number of sulfonamides is 1. The van der Waals surface area contributed by atoms with E-state index in [4.69, 9.17) is 4.74 Å². The number of thiazole rings is 1. The molecule has 24 heavy (non-hydrogen) atoms. The minimum atomic E-state index is -3.49. The van der Waals surface area contributed by atoms with Gasteiger partial charge in [-0.2, -0.15) is 0 Å². The van der Waals surface area contributed by atoms with Crippen LogP contribution in [0.2, 0.25) is 0 Å². The summed E-state index contributed by atoms with van der Waals surface area (Å²) in [5.74, 6) is 0.927. The second-order valence-corrected chi connectivity index (χ2v) is 8.44. The Labute approximate surface area is 146 Å². The molecule has 0 saturated carbocycles. The molecule has 8 heteroatoms. The zero-order valence-corrected chi connectivity index (χ0v) is 15.1. The van der Waals surface area contributed by atoms with E-state index in [9.17, 15) is 8.42 Å². The summed E-state index contributed by atoms with van der Waals surface area (Å²) in [5, 5.41) is 2.98. The molecular weight excluding hydrogens is 346 g/mol. The van der Waals surface area contributed by atoms with Gasteiger partial charge in [0.1, 0.15) is 5.75 Å². The van der Waals surface area contributed by atoms with Crippen LogP contribution in [0.15, 0.2) is 40.7 Å². The fourth-order valence-electron chi connectivity index (χ4n) is 2.84. The lowest BCUT2D eigenvalue weighted by Crippen LogP contribution is -2.40. The molecule has 1 aromatic heterocycles. The SMILES string of the molecule is COc1ccc(S(=O)(=O)NCC2CCCN(c3nccs3)C2)cc1. The van der Waals surface area contributed by atoms with Gasteiger partial charge < -0.3 is 9.64 Å². The van der Waals surface area contributed by atoms with Crippen LogP contribution in [-0.4, -0.2) is 40.1 Å². The van der Waals surface area contributed by atoms with Crippen molar-refractivity contribution in [2.24, 2.45) is 5.92 Å². The van der Waals surface area contributed by atoms with Crippen molar-refractivity contribution < 1.29 is 13.2 Å². The van der Waals surface area contributed by atoms with Gasteiger partial charge in [0.15, 0.2) is 5.13 Å². The lowest BCUT2D eigenvalue weighted by atomic mass is 9.99. The van der Waals surface area contributed by atoms with Crippen molar-refractivity contribution in [2.45, 2.75) is 17.7 Å². The number of anilines is 1. The third-order valence-corrected chi connectivity index (χ3v) is 6.41. The third-order valence-electron chi connectivity index (χ3n) is 4.14. The Morgan fingerprint density at radius 1 is 1.38 bits per heavy atom. The molecule has 3 rings (SSSR count). The normalized spacial score (nSPS) is 18.5. The second kappa shape index (κ2) is 7.50. The van der Waals surface area contributed by atoms with Gasteiger partial charge in [-0.05, 0) is 43.0 Å². The van der Waals surface area contributed by atoms with E-state index >= 15 is 0 Å². The van der Waals surface area contributed by atoms with Gasteiger partial charge in [0, 0.05) is 31.2 Å². The molecule has 1 unspecified atom stereocenters. The summed E-state index contributed by atoms with van der Waals surface area (Å²) in [4.78, 5) is 6.84. The van der Waals surface area contributed by atoms with Crippen LogP contribution in [0.4, 0.5) is 5.13 Å². The summed E-state index contributed by atoms with van der Waals surface area (Å²) in [6.45, 7) is 2.25. The highest BCUT2D eigenvalue weighted by Crippen LogP contribution is 2.25. The molecular formula is C16H21N3O3S2. The predicted octanol–water partition coefficient (Wildman–Crippen LogP) is 2.35. The van der Waals surface area contributed by atoms with Crippen LogP contribution < -0.4 is 14.4 Å². The van der Waals surface area contributed by atoms with E-state index in [-0.39, 0.29) is 10.8 Å². The van der Waals surface area contributed by atoms with Gasteiger partial charge in [-0.25, -0.2) is 18.1 Å². The monoisotopic (exact) mass is 367 g/mol. The molecule has 1 aliphatic heterocycles. The molecule has 0 aliphatic carbocycles. The second-order valence-electron chi connectivity index (χ2n) is 5.80. The predicted molar refractivity (Wildman–Crippen MR) is 95.2 cm³/mol. The number of piperidine rings is 1. The van der Waals surface area contributed by atoms with Crippen molar-refractivity contribution in [3.05, 3.63) is 35.8 Å². The van der Waals surface area contributed by atoms with Crippen molar-refractivity contribution in [3.8, 4) is 5.75 Å². The van der Waals surface area contributed by atoms with Crippen molar-refractivity contribution >= 4 is 26.5 Å². The standard InChI is InChI=1S/C16H21N3O3S2/c1-22-14-4-6-15(7-5-14)24(20,21)18-11-13-3-2-9-19(12-13)16-17-8-10-23-16/h4-8,10,13,18H,2-3,9,11-12H2,1H3. The van der Waals surface area contributed by atoms with Crippen LogP contribution >= 0.6 is 11.3 Å². The summed E-state index contributed by atoms with van der Waals surface area (Å²) in [6, 6.07) is 6.42. The van der Waals surface area contributed by atoms with Gasteiger partial charge in [0.2, 0.25) is 10.0 Å². The van der Waals surface area contributed by atoms with Gasteiger partial charge in [-0.1, -0.05) is 0 Å². The molecule has 0 spiro atoms. The number of ether oxygens (including phenoxy) is 1. The molecule has 1 N–H and O–H groups in total. The zero-order chi connectivity index (χ0) is 17.0. The summed E-state index contributed by atoms with van der Waals surface area (Å²) < 4.78 is 32.6. The molecule has 0 radical (unpaired) electrons. The summed E-state index contributed by atoms with van der Waals surface area (Å²) in [7, 11) is -1.94. The van der Waals surface area contributed by atoms with Crippen molar-refractivity contribution in [1.82, 2.24) is 9.71 Å². The number of methoxy groups -OCH3 is 1. The number of rotatable bonds is 6. The highest BCUT2D eigenvalue weighted by molar-refractivity contribution is 7.89. The number of hydrogen-bond donors (Lipinski definition) is 1. The lowest BCUT2D eigenvalue weighted by molar-refractivity contribution is 0.410. The van der Waals surface area contributed by atoms with Crippen LogP contribution in [0.1, 0.15) is 12.8 Å². The Morgan fingerprint density at radius 2 is 2.17 bits per heavy atom. The van der Waals surface area contributed by atoms with Gasteiger partial charge in [0.25, 0.3) is 0 Å². The van der Waals surface area contributed by atoms with Gasteiger partial charge >= 0.3 is 0 Å². The molecule has 1 saturated heterocycles. The highest BCUT2D eigenvalue weighted by atomic mass is 32.2. The number of nitrogens with one attached hydrogen (secondary N) is 1. The Balaban J connectivity index is 1.59. The van der Waals surface area contributed by atoms with E-state index in [1.165, 1.54) is 0 Å². The van der Waals surface area contributed by atoms with Crippen LogP contribution in [0, 0.1) is 5.92 Å². The quantitative estimate of drug-likeness (QED) is 0.849. The number of benzene rings is 1. The number of hydrogen-bond acceptors (Lipinski definition) is 6. The van der Waals surface area contributed by atoms with E-state index in [2.05, 4.69) is 14.6 Å². The maximum Gasteiger partial charge on any atom is 0.240 e. The Morgan fingerprint density at radius 3 is 2.83 bits per heavy atom. The Bertz CT molecular complexity index is 745. The zero-order valence-electron chi connectivity index (χ0n) is 13.5. The first-order valence-corrected chi connectivity index (χ1v) is 10.2. The average molecular weight is 367 g/mol. The molecule has 0 amide bonds. The van der Waals surface area contributed by atoms with E-state index < -0.39 is 10.0 Å². The van der Waals surface area contributed by atoms with E-state index in [1.807, 2.05) is 5.38 Å². The van der Waals surface area contributed by atoms with E-state index in [0.29, 0.717) is 12.3 Å². The fourth-order valence-corrected chi connectivity index (χ4v) is 4.64. The molecule has 1 atom stereocenters. The van der Waals surface area contributed by atoms with E-state index in [1.54, 1.807) is 48.9 Å². The summed E-state index contributed by atoms with van der Waals surface area (Å²) >= 11 is 1.62. The minimum Gasteiger partial charge on any atom is -0.497 e. The van der Waals surface area contributed by atoms with Crippen LogP contribution in [0.25, 0.3) is 0 Å². The lowest BCUT2D eigenvalue weighted by Gasteiger charge is -2.32. The number of aromatic nitrogens is 1. The molecule has 6 nitrogen and oxygen atoms in total. The largest absolute Gasteiger partial charge is 0.497 e. The molecule has 130 valence electrons. The van der Waals surface area contributed by atoms with Crippen molar-refractivity contribution in [2.75, 3.05) is 31.6 Å². The average Bonchev–Trinajstić information content (AvgIpc) is 3.15. The highest BCUT2D eigenvalue weighted by Gasteiger charge is 2.23. The Kier molecular flexibility index (Phi) is 5.37. The first-order chi connectivity index (χ1) is 11.6. The van der Waals surface area contributed by atoms with Crippen molar-refractivity contribution in [3.63, 3.8) is 0 Å². The molecule has 0 bridgehead atoms. The molecule has 1 aromatic carbocycles. The molecule has 1 aliphatic rings. The summed E-state index contributed by atoms with van der Waals surface area (Å²) in [5.41, 5.74) is 0. The van der Waals surface area contributed by atoms with Crippen LogP contribution in [-0.2, 0) is 10.0 Å². The molecule has 2 aromatic rings. The van der Waals surface area contributed by atoms with Crippen molar-refractivity contribution in [1.29, 1.82) is 0 Å². The maximum atomic E-state index is 12.4. The Hall–Kier alpha value is -1.64. The topological polar surface area (TPSA) is 71.5 Å².